The third kappa shape index (κ3) is 5.25. The van der Waals surface area contributed by atoms with Crippen LogP contribution >= 0.6 is 0 Å². The Morgan fingerprint density at radius 2 is 0.763 bits per heavy atom. The zero-order valence-corrected chi connectivity index (χ0v) is 41.7. The van der Waals surface area contributed by atoms with Gasteiger partial charge in [0.05, 0.1) is 44.3 Å². The zero-order valence-electron chi connectivity index (χ0n) is 41.7. The van der Waals surface area contributed by atoms with E-state index in [9.17, 15) is 0 Å². The van der Waals surface area contributed by atoms with Gasteiger partial charge < -0.3 is 9.13 Å². The van der Waals surface area contributed by atoms with Gasteiger partial charge in [0.25, 0.3) is 0 Å². The van der Waals surface area contributed by atoms with E-state index in [0.29, 0.717) is 5.92 Å². The summed E-state index contributed by atoms with van der Waals surface area (Å²) in [5, 5.41) is 5.05. The Kier molecular flexibility index (Phi) is 8.56. The Labute approximate surface area is 441 Å². The largest absolute Gasteiger partial charge is 0.309 e. The number of rotatable bonds is 4. The average Bonchev–Trinajstić information content (AvgIpc) is 3.62. The van der Waals surface area contributed by atoms with Crippen molar-refractivity contribution in [2.24, 2.45) is 0 Å². The second kappa shape index (κ2) is 15.5. The standard InChI is InChI=1S/C74H48N2/c1-3-21-47(22-4-1)49-41-43-53-51-25-9-17-37-65(51)75(69(53)45-49)67-39-19-35-63-71(67)55-27-7-11-29-57(55)73(63)59-31-13-15-33-61(59)74(62-34-16-14-32-60(62)73)58-30-12-8-28-56(58)72-64(74)36-20-40-68(72)76-66-38-18-10-26-52(66)54-44-42-50(46-70(54)76)48-23-5-2-6-24-48/h1-23,25-46,48H,24H2. The van der Waals surface area contributed by atoms with Crippen molar-refractivity contribution >= 4 is 43.6 Å². The molecule has 0 amide bonds. The van der Waals surface area contributed by atoms with Crippen LogP contribution in [-0.4, -0.2) is 9.13 Å². The molecule has 2 heterocycles. The number of hydrogen-bond acceptors (Lipinski definition) is 0. The Bertz CT molecular complexity index is 4640. The molecule has 0 saturated heterocycles. The van der Waals surface area contributed by atoms with Crippen molar-refractivity contribution in [2.75, 3.05) is 0 Å². The Morgan fingerprint density at radius 3 is 1.30 bits per heavy atom. The molecule has 2 aromatic heterocycles. The summed E-state index contributed by atoms with van der Waals surface area (Å²) in [5.41, 5.74) is 25.5. The van der Waals surface area contributed by atoms with Crippen LogP contribution in [0.4, 0.5) is 0 Å². The highest BCUT2D eigenvalue weighted by molar-refractivity contribution is 6.12. The first-order valence-corrected chi connectivity index (χ1v) is 26.9. The first-order valence-electron chi connectivity index (χ1n) is 26.9. The van der Waals surface area contributed by atoms with Crippen LogP contribution in [-0.2, 0) is 10.8 Å². The van der Waals surface area contributed by atoms with Crippen molar-refractivity contribution in [3.05, 3.63) is 323 Å². The first-order chi connectivity index (χ1) is 37.7. The number of allylic oxidation sites excluding steroid dienone is 4. The van der Waals surface area contributed by atoms with Crippen molar-refractivity contribution in [1.82, 2.24) is 9.13 Å². The fraction of sp³-hybridized carbons (Fsp3) is 0.0541. The first kappa shape index (κ1) is 41.9. The van der Waals surface area contributed by atoms with Crippen molar-refractivity contribution in [3.8, 4) is 44.8 Å². The molecule has 4 aliphatic carbocycles. The highest BCUT2D eigenvalue weighted by Crippen LogP contribution is 2.68. The number of aromatic nitrogens is 2. The van der Waals surface area contributed by atoms with Gasteiger partial charge in [-0.05, 0) is 115 Å². The quantitative estimate of drug-likeness (QED) is 0.166. The summed E-state index contributed by atoms with van der Waals surface area (Å²) < 4.78 is 5.13. The summed E-state index contributed by atoms with van der Waals surface area (Å²) >= 11 is 0. The van der Waals surface area contributed by atoms with E-state index in [0.717, 1.165) is 6.42 Å². The van der Waals surface area contributed by atoms with Gasteiger partial charge in [-0.2, -0.15) is 0 Å². The molecule has 2 nitrogen and oxygen atoms in total. The maximum Gasteiger partial charge on any atom is 0.0720 e. The molecule has 0 radical (unpaired) electrons. The average molecular weight is 965 g/mol. The molecule has 11 aromatic carbocycles. The van der Waals surface area contributed by atoms with Gasteiger partial charge in [0.1, 0.15) is 0 Å². The Hall–Kier alpha value is -9.50. The van der Waals surface area contributed by atoms with E-state index in [1.54, 1.807) is 0 Å². The smallest absolute Gasteiger partial charge is 0.0720 e. The monoisotopic (exact) mass is 964 g/mol. The van der Waals surface area contributed by atoms with E-state index in [4.69, 9.17) is 0 Å². The van der Waals surface area contributed by atoms with E-state index in [-0.39, 0.29) is 0 Å². The van der Waals surface area contributed by atoms with E-state index in [2.05, 4.69) is 282 Å². The summed E-state index contributed by atoms with van der Waals surface area (Å²) in [5.74, 6) is 0.338. The van der Waals surface area contributed by atoms with Gasteiger partial charge in [-0.1, -0.05) is 237 Å². The van der Waals surface area contributed by atoms with Gasteiger partial charge in [0.15, 0.2) is 0 Å². The molecular formula is C74H48N2. The zero-order chi connectivity index (χ0) is 49.7. The predicted octanol–water partition coefficient (Wildman–Crippen LogP) is 18.2. The lowest BCUT2D eigenvalue weighted by Crippen LogP contribution is -2.43. The third-order valence-electron chi connectivity index (χ3n) is 17.9. The topological polar surface area (TPSA) is 9.86 Å². The van der Waals surface area contributed by atoms with E-state index in [1.807, 2.05) is 0 Å². The lowest BCUT2D eigenvalue weighted by Gasteiger charge is -2.48. The molecule has 1 atom stereocenters. The van der Waals surface area contributed by atoms with Crippen LogP contribution < -0.4 is 0 Å². The van der Waals surface area contributed by atoms with Crippen molar-refractivity contribution in [3.63, 3.8) is 0 Å². The van der Waals surface area contributed by atoms with Gasteiger partial charge in [-0.3, -0.25) is 0 Å². The summed E-state index contributed by atoms with van der Waals surface area (Å²) in [4.78, 5) is 0. The molecule has 0 saturated carbocycles. The SMILES string of the molecule is C1=CCC(c2ccc3c4ccccc4n(-c4cccc5c4-c4ccccc4C54c5ccccc5C5(c6ccccc6-c6c(-n7c8ccccc8c8ccc(-c9ccccc9)cc87)cccc65)c5ccccc54)c3c2)C=C1. The van der Waals surface area contributed by atoms with Crippen LogP contribution in [0.1, 0.15) is 62.4 Å². The predicted molar refractivity (Wildman–Crippen MR) is 314 cm³/mol. The lowest BCUT2D eigenvalue weighted by molar-refractivity contribution is 0.632. The highest BCUT2D eigenvalue weighted by atomic mass is 15.0. The number of para-hydroxylation sites is 2. The number of hydrogen-bond donors (Lipinski definition) is 0. The number of nitrogens with zero attached hydrogens (tertiary/aromatic N) is 2. The van der Waals surface area contributed by atoms with Crippen LogP contribution in [0.25, 0.3) is 88.4 Å². The van der Waals surface area contributed by atoms with Gasteiger partial charge in [0.2, 0.25) is 0 Å². The van der Waals surface area contributed by atoms with Crippen molar-refractivity contribution in [1.29, 1.82) is 0 Å². The number of benzene rings is 11. The minimum atomic E-state index is -0.629. The molecular weight excluding hydrogens is 917 g/mol. The van der Waals surface area contributed by atoms with Crippen LogP contribution in [0.15, 0.2) is 273 Å². The van der Waals surface area contributed by atoms with Gasteiger partial charge >= 0.3 is 0 Å². The van der Waals surface area contributed by atoms with Crippen LogP contribution in [0.5, 0.6) is 0 Å². The molecule has 2 spiro atoms. The van der Waals surface area contributed by atoms with Crippen LogP contribution in [0.3, 0.4) is 0 Å². The maximum atomic E-state index is 2.58. The maximum absolute atomic E-state index is 2.58. The van der Waals surface area contributed by atoms with Gasteiger partial charge in [-0.15, -0.1) is 0 Å². The second-order valence-corrected chi connectivity index (χ2v) is 21.3. The third-order valence-corrected chi connectivity index (χ3v) is 17.9. The number of fused-ring (bicyclic) bond motifs is 22. The molecule has 76 heavy (non-hydrogen) atoms. The second-order valence-electron chi connectivity index (χ2n) is 21.3. The normalized spacial score (nSPS) is 18.3. The molecule has 1 unspecified atom stereocenters. The van der Waals surface area contributed by atoms with E-state index in [1.165, 1.54) is 138 Å². The van der Waals surface area contributed by atoms with Crippen LogP contribution in [0, 0.1) is 0 Å². The molecule has 0 aliphatic heterocycles. The van der Waals surface area contributed by atoms with Gasteiger partial charge in [0, 0.05) is 38.6 Å². The van der Waals surface area contributed by atoms with Crippen molar-refractivity contribution < 1.29 is 0 Å². The molecule has 354 valence electrons. The highest BCUT2D eigenvalue weighted by Gasteiger charge is 2.59. The molecule has 0 bridgehead atoms. The lowest BCUT2D eigenvalue weighted by atomic mass is 9.52. The van der Waals surface area contributed by atoms with Crippen LogP contribution in [0.2, 0.25) is 0 Å². The summed E-state index contributed by atoms with van der Waals surface area (Å²) in [6.45, 7) is 0. The minimum absolute atomic E-state index is 0.338. The summed E-state index contributed by atoms with van der Waals surface area (Å²) in [7, 11) is 0. The molecule has 0 N–H and O–H groups in total. The molecule has 17 rings (SSSR count). The minimum Gasteiger partial charge on any atom is -0.309 e. The molecule has 4 aliphatic rings. The fourth-order valence-electron chi connectivity index (χ4n) is 15.1. The summed E-state index contributed by atoms with van der Waals surface area (Å²) in [6, 6.07) is 94.9. The Morgan fingerprint density at radius 1 is 0.316 bits per heavy atom. The fourth-order valence-corrected chi connectivity index (χ4v) is 15.1. The summed E-state index contributed by atoms with van der Waals surface area (Å²) in [6.07, 6.45) is 10.0. The molecule has 2 heteroatoms. The Balaban J connectivity index is 0.951. The molecule has 0 fully saturated rings. The van der Waals surface area contributed by atoms with E-state index >= 15 is 0 Å². The molecule has 13 aromatic rings. The van der Waals surface area contributed by atoms with Crippen molar-refractivity contribution in [2.45, 2.75) is 23.2 Å². The van der Waals surface area contributed by atoms with E-state index < -0.39 is 10.8 Å². The van der Waals surface area contributed by atoms with Gasteiger partial charge in [-0.25, -0.2) is 0 Å².